The van der Waals surface area contributed by atoms with Crippen molar-refractivity contribution in [3.8, 4) is 11.3 Å². The highest BCUT2D eigenvalue weighted by atomic mass is 16.2. The van der Waals surface area contributed by atoms with E-state index in [-0.39, 0.29) is 23.3 Å². The van der Waals surface area contributed by atoms with Crippen LogP contribution in [-0.4, -0.2) is 51.5 Å². The van der Waals surface area contributed by atoms with Gasteiger partial charge >= 0.3 is 0 Å². The summed E-state index contributed by atoms with van der Waals surface area (Å²) in [4.78, 5) is 39.2. The molecule has 196 valence electrons. The number of likely N-dealkylation sites (N-methyl/N-ethyl adjacent to an activating group) is 1. The van der Waals surface area contributed by atoms with Crippen LogP contribution in [0.3, 0.4) is 0 Å². The number of nitrogens with zero attached hydrogens (tertiary/aromatic N) is 2. The van der Waals surface area contributed by atoms with Crippen molar-refractivity contribution in [3.05, 3.63) is 48.0 Å². The lowest BCUT2D eigenvalue weighted by Gasteiger charge is -2.31. The molecule has 1 aliphatic rings. The first kappa shape index (κ1) is 26.7. The minimum atomic E-state index is -0.693. The van der Waals surface area contributed by atoms with Crippen LogP contribution in [0.1, 0.15) is 69.8 Å². The highest BCUT2D eigenvalue weighted by Crippen LogP contribution is 2.32. The van der Waals surface area contributed by atoms with Crippen molar-refractivity contribution in [2.24, 2.45) is 5.92 Å². The molecule has 0 aliphatic heterocycles. The summed E-state index contributed by atoms with van der Waals surface area (Å²) >= 11 is 0. The summed E-state index contributed by atoms with van der Waals surface area (Å²) < 4.78 is 0. The Morgan fingerprint density at radius 3 is 2.59 bits per heavy atom. The molecular weight excluding hydrogens is 464 g/mol. The number of carbonyl (C=O) groups is 2. The van der Waals surface area contributed by atoms with Gasteiger partial charge in [-0.15, -0.1) is 0 Å². The van der Waals surface area contributed by atoms with Gasteiger partial charge in [0.05, 0.1) is 29.2 Å². The molecular formula is C29H38N6O2. The summed E-state index contributed by atoms with van der Waals surface area (Å²) in [5, 5.41) is 16.0. The normalized spacial score (nSPS) is 16.8. The summed E-state index contributed by atoms with van der Waals surface area (Å²) in [7, 11) is 1.72. The molecule has 0 spiro atoms. The fraction of sp³-hybridized carbons (Fsp3) is 0.483. The molecule has 0 bridgehead atoms. The van der Waals surface area contributed by atoms with E-state index in [9.17, 15) is 9.59 Å². The zero-order valence-corrected chi connectivity index (χ0v) is 22.2. The average molecular weight is 503 g/mol. The Morgan fingerprint density at radius 1 is 1.16 bits per heavy atom. The summed E-state index contributed by atoms with van der Waals surface area (Å²) in [6, 6.07) is 8.83. The van der Waals surface area contributed by atoms with Crippen LogP contribution >= 0.6 is 0 Å². The van der Waals surface area contributed by atoms with Crippen LogP contribution in [0.5, 0.6) is 0 Å². The number of H-pyrrole nitrogens is 1. The number of benzene rings is 1. The summed E-state index contributed by atoms with van der Waals surface area (Å²) in [6.45, 7) is 5.57. The number of para-hydroxylation sites is 1. The number of rotatable bonds is 10. The maximum absolute atomic E-state index is 13.8. The summed E-state index contributed by atoms with van der Waals surface area (Å²) in [5.41, 5.74) is 3.40. The van der Waals surface area contributed by atoms with Gasteiger partial charge < -0.3 is 21.0 Å². The average Bonchev–Trinajstić information content (AvgIpc) is 3.35. The fourth-order valence-corrected chi connectivity index (χ4v) is 5.37. The van der Waals surface area contributed by atoms with Crippen LogP contribution in [0.4, 0.5) is 0 Å². The highest BCUT2D eigenvalue weighted by molar-refractivity contribution is 6.42. The quantitative estimate of drug-likeness (QED) is 0.300. The van der Waals surface area contributed by atoms with E-state index >= 15 is 0 Å². The number of carbonyl (C=O) groups excluding carboxylic acids is 2. The van der Waals surface area contributed by atoms with E-state index in [0.29, 0.717) is 17.9 Å². The van der Waals surface area contributed by atoms with E-state index in [2.05, 4.69) is 25.6 Å². The van der Waals surface area contributed by atoms with Gasteiger partial charge in [-0.05, 0) is 58.2 Å². The SMILES string of the molecule is CC[C@H](C(=N)C(=O)[C@@H](NC(=O)[C@H](C)NC)C1CCCCC1)c1cc(-c2c[nH]c3ccccc23)nc(C)n1. The van der Waals surface area contributed by atoms with Crippen molar-refractivity contribution in [1.29, 1.82) is 5.41 Å². The first-order valence-electron chi connectivity index (χ1n) is 13.4. The maximum atomic E-state index is 13.8. The van der Waals surface area contributed by atoms with Gasteiger partial charge in [-0.25, -0.2) is 9.97 Å². The van der Waals surface area contributed by atoms with E-state index in [1.54, 1.807) is 14.0 Å². The topological polar surface area (TPSA) is 124 Å². The van der Waals surface area contributed by atoms with Crippen LogP contribution < -0.4 is 10.6 Å². The minimum absolute atomic E-state index is 0.00143. The summed E-state index contributed by atoms with van der Waals surface area (Å²) in [5.74, 6) is -0.368. The molecule has 8 nitrogen and oxygen atoms in total. The fourth-order valence-electron chi connectivity index (χ4n) is 5.37. The minimum Gasteiger partial charge on any atom is -0.360 e. The van der Waals surface area contributed by atoms with Crippen molar-refractivity contribution in [3.63, 3.8) is 0 Å². The number of aryl methyl sites for hydroxylation is 1. The van der Waals surface area contributed by atoms with Gasteiger partial charge in [0.2, 0.25) is 5.91 Å². The van der Waals surface area contributed by atoms with Crippen LogP contribution in [0.25, 0.3) is 22.2 Å². The molecule has 1 fully saturated rings. The van der Waals surface area contributed by atoms with Gasteiger partial charge in [-0.2, -0.15) is 0 Å². The molecule has 1 saturated carbocycles. The van der Waals surface area contributed by atoms with Gasteiger partial charge in [0.15, 0.2) is 5.78 Å². The zero-order chi connectivity index (χ0) is 26.5. The number of Topliss-reactive ketones (excluding diaryl/α,β-unsaturated/α-hetero) is 1. The third-order valence-corrected chi connectivity index (χ3v) is 7.63. The predicted octanol–water partition coefficient (Wildman–Crippen LogP) is 4.69. The Morgan fingerprint density at radius 2 is 1.89 bits per heavy atom. The van der Waals surface area contributed by atoms with Crippen LogP contribution in [0.15, 0.2) is 36.5 Å². The zero-order valence-electron chi connectivity index (χ0n) is 22.2. The molecule has 3 aromatic rings. The molecule has 2 heterocycles. The predicted molar refractivity (Wildman–Crippen MR) is 147 cm³/mol. The molecule has 0 radical (unpaired) electrons. The Labute approximate surface area is 218 Å². The molecule has 8 heteroatoms. The monoisotopic (exact) mass is 502 g/mol. The number of hydrogen-bond acceptors (Lipinski definition) is 6. The number of aromatic nitrogens is 3. The van der Waals surface area contributed by atoms with E-state index in [4.69, 9.17) is 5.41 Å². The van der Waals surface area contributed by atoms with Crippen LogP contribution in [0.2, 0.25) is 0 Å². The summed E-state index contributed by atoms with van der Waals surface area (Å²) in [6.07, 6.45) is 7.46. The van der Waals surface area contributed by atoms with Gasteiger partial charge in [0.25, 0.3) is 0 Å². The second kappa shape index (κ2) is 11.8. The lowest BCUT2D eigenvalue weighted by Crippen LogP contribution is -2.53. The largest absolute Gasteiger partial charge is 0.360 e. The number of fused-ring (bicyclic) bond motifs is 1. The molecule has 2 aromatic heterocycles. The molecule has 0 unspecified atom stereocenters. The Bertz CT molecular complexity index is 1280. The molecule has 3 atom stereocenters. The van der Waals surface area contributed by atoms with E-state index in [1.165, 1.54) is 0 Å². The Hall–Kier alpha value is -3.39. The molecule has 1 amide bonds. The van der Waals surface area contributed by atoms with Gasteiger partial charge in [0, 0.05) is 28.6 Å². The second-order valence-electron chi connectivity index (χ2n) is 10.1. The second-order valence-corrected chi connectivity index (χ2v) is 10.1. The van der Waals surface area contributed by atoms with E-state index < -0.39 is 18.0 Å². The Kier molecular flexibility index (Phi) is 8.48. The lowest BCUT2D eigenvalue weighted by molar-refractivity contribution is -0.127. The third-order valence-electron chi connectivity index (χ3n) is 7.63. The molecule has 4 N–H and O–H groups in total. The number of amides is 1. The van der Waals surface area contributed by atoms with E-state index in [0.717, 1.165) is 54.3 Å². The van der Waals surface area contributed by atoms with Crippen molar-refractivity contribution >= 4 is 28.3 Å². The highest BCUT2D eigenvalue weighted by Gasteiger charge is 2.36. The lowest BCUT2D eigenvalue weighted by atomic mass is 9.79. The van der Waals surface area contributed by atoms with Crippen LogP contribution in [0, 0.1) is 18.3 Å². The molecule has 4 rings (SSSR count). The number of ketones is 1. The molecule has 37 heavy (non-hydrogen) atoms. The first-order chi connectivity index (χ1) is 17.8. The smallest absolute Gasteiger partial charge is 0.237 e. The van der Waals surface area contributed by atoms with Crippen molar-refractivity contribution in [2.75, 3.05) is 7.05 Å². The number of aromatic amines is 1. The van der Waals surface area contributed by atoms with Gasteiger partial charge in [-0.1, -0.05) is 44.4 Å². The number of nitrogens with one attached hydrogen (secondary N) is 4. The maximum Gasteiger partial charge on any atom is 0.237 e. The Balaban J connectivity index is 1.65. The molecule has 1 aromatic carbocycles. The first-order valence-corrected chi connectivity index (χ1v) is 13.4. The molecule has 1 aliphatic carbocycles. The van der Waals surface area contributed by atoms with Gasteiger partial charge in [0.1, 0.15) is 5.82 Å². The van der Waals surface area contributed by atoms with Crippen molar-refractivity contribution < 1.29 is 9.59 Å². The third kappa shape index (κ3) is 5.80. The van der Waals surface area contributed by atoms with Gasteiger partial charge in [-0.3, -0.25) is 9.59 Å². The molecule has 0 saturated heterocycles. The van der Waals surface area contributed by atoms with Crippen molar-refractivity contribution in [2.45, 2.75) is 77.3 Å². The van der Waals surface area contributed by atoms with Crippen LogP contribution in [-0.2, 0) is 9.59 Å². The van der Waals surface area contributed by atoms with E-state index in [1.807, 2.05) is 50.4 Å². The standard InChI is InChI=1S/C29H38N6O2/c1-5-20(24-15-25(34-18(3)33-24)22-16-32-23-14-10-9-13-21(22)23)26(30)28(36)27(19-11-7-6-8-12-19)35-29(37)17(2)31-4/h9-10,13-17,19-20,27,30-32H,5-8,11-12H2,1-4H3,(H,35,37)/t17-,20-,27-/m0/s1. The number of hydrogen-bond donors (Lipinski definition) is 4. The van der Waals surface area contributed by atoms with Crippen molar-refractivity contribution in [1.82, 2.24) is 25.6 Å².